The van der Waals surface area contributed by atoms with E-state index in [1.165, 1.54) is 23.1 Å². The number of amides is 2. The Morgan fingerprint density at radius 3 is 2.54 bits per heavy atom. The lowest BCUT2D eigenvalue weighted by molar-refractivity contribution is -0.143. The van der Waals surface area contributed by atoms with Gasteiger partial charge in [0.15, 0.2) is 0 Å². The molecular formula is C18H23F2N3O3. The predicted octanol–water partition coefficient (Wildman–Crippen LogP) is 2.30. The molecule has 2 aliphatic rings. The summed E-state index contributed by atoms with van der Waals surface area (Å²) in [5, 5.41) is 12.1. The maximum Gasteiger partial charge on any atom is 0.317 e. The van der Waals surface area contributed by atoms with Crippen LogP contribution in [0.4, 0.5) is 19.3 Å². The second-order valence-electron chi connectivity index (χ2n) is 7.23. The molecule has 3 rings (SSSR count). The number of carboxylic acid groups (broad SMARTS) is 1. The number of carboxylic acids is 1. The molecule has 0 saturated carbocycles. The maximum absolute atomic E-state index is 13.9. The van der Waals surface area contributed by atoms with Gasteiger partial charge in [-0.15, -0.1) is 0 Å². The second kappa shape index (κ2) is 7.47. The number of rotatable bonds is 3. The minimum absolute atomic E-state index is 0.0678. The number of urea groups is 1. The van der Waals surface area contributed by atoms with E-state index in [2.05, 4.69) is 5.32 Å². The number of carbonyl (C=O) groups excluding carboxylic acids is 1. The third-order valence-corrected chi connectivity index (χ3v) is 5.07. The van der Waals surface area contributed by atoms with Gasteiger partial charge in [0.05, 0.1) is 5.92 Å². The second-order valence-corrected chi connectivity index (χ2v) is 7.23. The number of piperidine rings is 1. The van der Waals surface area contributed by atoms with Gasteiger partial charge >= 0.3 is 12.0 Å². The van der Waals surface area contributed by atoms with Crippen LogP contribution < -0.4 is 10.2 Å². The molecule has 0 radical (unpaired) electrons. The molecule has 1 aromatic carbocycles. The van der Waals surface area contributed by atoms with Crippen LogP contribution in [-0.2, 0) is 4.79 Å². The van der Waals surface area contributed by atoms with E-state index in [4.69, 9.17) is 0 Å². The summed E-state index contributed by atoms with van der Waals surface area (Å²) in [5.74, 6) is -2.58. The molecule has 2 heterocycles. The zero-order valence-electron chi connectivity index (χ0n) is 14.6. The molecule has 0 spiro atoms. The number of benzene rings is 1. The number of aliphatic carboxylic acids is 1. The van der Waals surface area contributed by atoms with E-state index < -0.39 is 23.5 Å². The van der Waals surface area contributed by atoms with E-state index in [-0.39, 0.29) is 30.2 Å². The summed E-state index contributed by atoms with van der Waals surface area (Å²) in [6.45, 7) is 3.37. The zero-order valence-corrected chi connectivity index (χ0v) is 14.6. The molecule has 2 aliphatic heterocycles. The van der Waals surface area contributed by atoms with Crippen LogP contribution in [0.5, 0.6) is 0 Å². The average molecular weight is 367 g/mol. The minimum Gasteiger partial charge on any atom is -0.481 e. The molecule has 142 valence electrons. The first-order valence-electron chi connectivity index (χ1n) is 8.82. The van der Waals surface area contributed by atoms with Gasteiger partial charge in [0.1, 0.15) is 17.3 Å². The van der Waals surface area contributed by atoms with Crippen LogP contribution in [0.1, 0.15) is 19.8 Å². The van der Waals surface area contributed by atoms with Gasteiger partial charge in [0.2, 0.25) is 0 Å². The molecule has 2 N–H and O–H groups in total. The number of hydrogen-bond donors (Lipinski definition) is 2. The molecule has 0 aromatic heterocycles. The Bertz CT molecular complexity index is 680. The fourth-order valence-electron chi connectivity index (χ4n) is 3.83. The summed E-state index contributed by atoms with van der Waals surface area (Å²) in [6.07, 6.45) is 1.13. The van der Waals surface area contributed by atoms with Crippen molar-refractivity contribution in [2.24, 2.45) is 11.8 Å². The molecule has 1 aromatic rings. The van der Waals surface area contributed by atoms with Crippen molar-refractivity contribution in [2.45, 2.75) is 25.8 Å². The molecule has 8 heteroatoms. The number of halogens is 2. The van der Waals surface area contributed by atoms with Gasteiger partial charge in [-0.25, -0.2) is 13.6 Å². The van der Waals surface area contributed by atoms with Crippen molar-refractivity contribution >= 4 is 17.7 Å². The first kappa shape index (κ1) is 18.4. The number of anilines is 1. The first-order chi connectivity index (χ1) is 12.3. The first-order valence-corrected chi connectivity index (χ1v) is 8.82. The molecular weight excluding hydrogens is 344 g/mol. The largest absolute Gasteiger partial charge is 0.481 e. The fraction of sp³-hybridized carbons (Fsp3) is 0.556. The van der Waals surface area contributed by atoms with Gasteiger partial charge in [-0.3, -0.25) is 4.79 Å². The molecule has 2 amide bonds. The summed E-state index contributed by atoms with van der Waals surface area (Å²) >= 11 is 0. The lowest BCUT2D eigenvalue weighted by atomic mass is 9.91. The van der Waals surface area contributed by atoms with Crippen LogP contribution in [0.15, 0.2) is 18.2 Å². The van der Waals surface area contributed by atoms with Gasteiger partial charge in [0.25, 0.3) is 0 Å². The smallest absolute Gasteiger partial charge is 0.317 e. The van der Waals surface area contributed by atoms with E-state index in [0.717, 1.165) is 0 Å². The zero-order chi connectivity index (χ0) is 18.8. The number of para-hydroxylation sites is 1. The van der Waals surface area contributed by atoms with Crippen LogP contribution in [0.2, 0.25) is 0 Å². The Labute approximate surface area is 150 Å². The molecule has 3 unspecified atom stereocenters. The Hall–Kier alpha value is -2.38. The number of likely N-dealkylation sites (tertiary alicyclic amines) is 1. The lowest BCUT2D eigenvalue weighted by Gasteiger charge is -2.35. The number of nitrogens with zero attached hydrogens (tertiary/aromatic N) is 2. The highest BCUT2D eigenvalue weighted by Crippen LogP contribution is 2.27. The lowest BCUT2D eigenvalue weighted by Crippen LogP contribution is -2.52. The van der Waals surface area contributed by atoms with Crippen LogP contribution in [-0.4, -0.2) is 54.2 Å². The summed E-state index contributed by atoms with van der Waals surface area (Å²) in [4.78, 5) is 26.9. The van der Waals surface area contributed by atoms with Crippen molar-refractivity contribution in [1.29, 1.82) is 0 Å². The third-order valence-electron chi connectivity index (χ3n) is 5.07. The highest BCUT2D eigenvalue weighted by Gasteiger charge is 2.34. The van der Waals surface area contributed by atoms with Crippen molar-refractivity contribution in [3.8, 4) is 0 Å². The Balaban J connectivity index is 1.60. The van der Waals surface area contributed by atoms with Crippen molar-refractivity contribution < 1.29 is 23.5 Å². The van der Waals surface area contributed by atoms with Crippen LogP contribution in [0.25, 0.3) is 0 Å². The number of carbonyl (C=O) groups is 2. The standard InChI is InChI=1S/C18H23F2N3O3/c1-11-7-12(17(24)25)9-23(8-11)18(26)21-13-5-6-22(10-13)16-14(19)3-2-4-15(16)20/h2-4,11-13H,5-10H2,1H3,(H,21,26)(H,24,25). The Kier molecular flexibility index (Phi) is 5.29. The van der Waals surface area contributed by atoms with E-state index in [9.17, 15) is 23.5 Å². The van der Waals surface area contributed by atoms with Crippen LogP contribution >= 0.6 is 0 Å². The van der Waals surface area contributed by atoms with Crippen LogP contribution in [0.3, 0.4) is 0 Å². The normalized spacial score (nSPS) is 26.0. The van der Waals surface area contributed by atoms with Crippen molar-refractivity contribution in [3.05, 3.63) is 29.8 Å². The molecule has 3 atom stereocenters. The quantitative estimate of drug-likeness (QED) is 0.860. The van der Waals surface area contributed by atoms with Gasteiger partial charge in [0, 0.05) is 32.2 Å². The van der Waals surface area contributed by atoms with E-state index in [1.54, 1.807) is 4.90 Å². The summed E-state index contributed by atoms with van der Waals surface area (Å²) in [6, 6.07) is 3.20. The highest BCUT2D eigenvalue weighted by molar-refractivity contribution is 5.77. The molecule has 6 nitrogen and oxygen atoms in total. The molecule has 26 heavy (non-hydrogen) atoms. The average Bonchev–Trinajstić information content (AvgIpc) is 3.02. The summed E-state index contributed by atoms with van der Waals surface area (Å²) in [7, 11) is 0. The van der Waals surface area contributed by atoms with E-state index in [0.29, 0.717) is 32.5 Å². The highest BCUT2D eigenvalue weighted by atomic mass is 19.1. The topological polar surface area (TPSA) is 72.9 Å². The third kappa shape index (κ3) is 3.89. The number of hydrogen-bond acceptors (Lipinski definition) is 3. The maximum atomic E-state index is 13.9. The summed E-state index contributed by atoms with van der Waals surface area (Å²) < 4.78 is 27.8. The SMILES string of the molecule is CC1CC(C(=O)O)CN(C(=O)NC2CCN(c3c(F)cccc3F)C2)C1. The van der Waals surface area contributed by atoms with Gasteiger partial charge < -0.3 is 20.2 Å². The Morgan fingerprint density at radius 2 is 1.88 bits per heavy atom. The molecule has 0 bridgehead atoms. The monoisotopic (exact) mass is 367 g/mol. The van der Waals surface area contributed by atoms with E-state index >= 15 is 0 Å². The van der Waals surface area contributed by atoms with E-state index in [1.807, 2.05) is 6.92 Å². The molecule has 2 saturated heterocycles. The van der Waals surface area contributed by atoms with Crippen molar-refractivity contribution in [3.63, 3.8) is 0 Å². The molecule has 2 fully saturated rings. The fourth-order valence-corrected chi connectivity index (χ4v) is 3.83. The predicted molar refractivity (Wildman–Crippen MR) is 92.0 cm³/mol. The van der Waals surface area contributed by atoms with Gasteiger partial charge in [-0.05, 0) is 30.9 Å². The van der Waals surface area contributed by atoms with Gasteiger partial charge in [-0.2, -0.15) is 0 Å². The summed E-state index contributed by atoms with van der Waals surface area (Å²) in [5.41, 5.74) is -0.0678. The molecule has 0 aliphatic carbocycles. The van der Waals surface area contributed by atoms with Gasteiger partial charge in [-0.1, -0.05) is 13.0 Å². The van der Waals surface area contributed by atoms with Crippen LogP contribution in [0, 0.1) is 23.5 Å². The van der Waals surface area contributed by atoms with Crippen molar-refractivity contribution in [2.75, 3.05) is 31.1 Å². The minimum atomic E-state index is -0.892. The van der Waals surface area contributed by atoms with Crippen molar-refractivity contribution in [1.82, 2.24) is 10.2 Å². The number of nitrogens with one attached hydrogen (secondary N) is 1. The Morgan fingerprint density at radius 1 is 1.19 bits per heavy atom.